The predicted octanol–water partition coefficient (Wildman–Crippen LogP) is 3.06. The van der Waals surface area contributed by atoms with Gasteiger partial charge in [0.05, 0.1) is 19.3 Å². The molecule has 2 aromatic carbocycles. The maximum Gasteiger partial charge on any atom is 0.129 e. The second-order valence-electron chi connectivity index (χ2n) is 4.43. The summed E-state index contributed by atoms with van der Waals surface area (Å²) in [6, 6.07) is 17.0. The van der Waals surface area contributed by atoms with E-state index in [0.29, 0.717) is 12.4 Å². The van der Waals surface area contributed by atoms with Gasteiger partial charge < -0.3 is 14.9 Å². The fraction of sp³-hybridized carbons (Fsp3) is 0.250. The summed E-state index contributed by atoms with van der Waals surface area (Å²) in [4.78, 5) is 0.773. The Labute approximate surface area is 123 Å². The summed E-state index contributed by atoms with van der Waals surface area (Å²) in [5.74, 6) is 0.738. The van der Waals surface area contributed by atoms with Gasteiger partial charge in [0, 0.05) is 10.6 Å². The lowest BCUT2D eigenvalue weighted by molar-refractivity contribution is 0.0398. The van der Waals surface area contributed by atoms with Gasteiger partial charge in [0.15, 0.2) is 0 Å². The second kappa shape index (κ2) is 7.94. The molecular weight excluding hydrogens is 272 g/mol. The summed E-state index contributed by atoms with van der Waals surface area (Å²) in [5.41, 5.74) is 1.09. The quantitative estimate of drug-likeness (QED) is 0.770. The molecule has 0 bridgehead atoms. The Bertz CT molecular complexity index is 516. The van der Waals surface area contributed by atoms with E-state index in [9.17, 15) is 10.2 Å². The number of aliphatic hydroxyl groups excluding tert-OH is 1. The fourth-order valence-corrected chi connectivity index (χ4v) is 2.56. The lowest BCUT2D eigenvalue weighted by Gasteiger charge is -2.11. The highest BCUT2D eigenvalue weighted by atomic mass is 32.2. The fourth-order valence-electron chi connectivity index (χ4n) is 1.70. The van der Waals surface area contributed by atoms with Crippen molar-refractivity contribution < 1.29 is 14.9 Å². The molecule has 0 aromatic heterocycles. The summed E-state index contributed by atoms with van der Waals surface area (Å²) >= 11 is 1.42. The number of rotatable bonds is 7. The lowest BCUT2D eigenvalue weighted by Crippen LogP contribution is -2.17. The molecule has 0 saturated heterocycles. The molecule has 2 N–H and O–H groups in total. The van der Waals surface area contributed by atoms with Gasteiger partial charge in [-0.15, -0.1) is 11.8 Å². The maximum absolute atomic E-state index is 9.85. The predicted molar refractivity (Wildman–Crippen MR) is 80.9 cm³/mol. The topological polar surface area (TPSA) is 49.7 Å². The van der Waals surface area contributed by atoms with E-state index in [1.807, 2.05) is 42.5 Å². The van der Waals surface area contributed by atoms with Gasteiger partial charge in [-0.2, -0.15) is 0 Å². The van der Waals surface area contributed by atoms with Crippen molar-refractivity contribution in [1.29, 1.82) is 0 Å². The number of ether oxygens (including phenoxy) is 1. The van der Waals surface area contributed by atoms with Crippen LogP contribution in [0.3, 0.4) is 0 Å². The number of phenols is 1. The molecular formula is C16H18O3S. The number of hydrogen-bond acceptors (Lipinski definition) is 4. The van der Waals surface area contributed by atoms with Gasteiger partial charge >= 0.3 is 0 Å². The summed E-state index contributed by atoms with van der Waals surface area (Å²) < 4.78 is 5.47. The minimum Gasteiger partial charge on any atom is -0.507 e. The third-order valence-corrected chi connectivity index (χ3v) is 3.93. The van der Waals surface area contributed by atoms with Crippen molar-refractivity contribution in [1.82, 2.24) is 0 Å². The molecule has 1 unspecified atom stereocenters. The van der Waals surface area contributed by atoms with E-state index in [0.717, 1.165) is 10.5 Å². The Kier molecular flexibility index (Phi) is 5.92. The van der Waals surface area contributed by atoms with E-state index in [2.05, 4.69) is 0 Å². The third kappa shape index (κ3) is 4.89. The van der Waals surface area contributed by atoms with Gasteiger partial charge in [0.1, 0.15) is 5.75 Å². The Balaban J connectivity index is 1.68. The molecule has 0 aliphatic carbocycles. The molecule has 0 aliphatic heterocycles. The molecule has 106 valence electrons. The molecule has 0 radical (unpaired) electrons. The first-order chi connectivity index (χ1) is 9.75. The van der Waals surface area contributed by atoms with Gasteiger partial charge in [0.25, 0.3) is 0 Å². The van der Waals surface area contributed by atoms with E-state index in [4.69, 9.17) is 4.74 Å². The van der Waals surface area contributed by atoms with Crippen molar-refractivity contribution >= 4 is 11.8 Å². The molecule has 0 saturated carbocycles. The molecule has 2 rings (SSSR count). The van der Waals surface area contributed by atoms with Gasteiger partial charge in [-0.3, -0.25) is 0 Å². The highest BCUT2D eigenvalue weighted by Crippen LogP contribution is 2.28. The number of benzene rings is 2. The minimum atomic E-state index is -0.552. The minimum absolute atomic E-state index is 0.245. The first kappa shape index (κ1) is 14.9. The number of hydrogen-bond donors (Lipinski definition) is 2. The molecule has 4 heteroatoms. The van der Waals surface area contributed by atoms with Crippen LogP contribution in [0, 0.1) is 0 Å². The Morgan fingerprint density at radius 3 is 2.45 bits per heavy atom. The van der Waals surface area contributed by atoms with Crippen molar-refractivity contribution in [3.05, 3.63) is 60.2 Å². The zero-order valence-corrected chi connectivity index (χ0v) is 11.9. The second-order valence-corrected chi connectivity index (χ2v) is 5.50. The average molecular weight is 290 g/mol. The lowest BCUT2D eigenvalue weighted by atomic mass is 10.2. The first-order valence-corrected chi connectivity index (χ1v) is 7.45. The standard InChI is InChI=1S/C16H18O3S/c17-14(11-19-10-13-6-2-1-3-7-13)12-20-16-9-5-4-8-15(16)18/h1-9,14,17-18H,10-12H2. The molecule has 2 aromatic rings. The van der Waals surface area contributed by atoms with Crippen LogP contribution < -0.4 is 0 Å². The van der Waals surface area contributed by atoms with E-state index in [1.54, 1.807) is 12.1 Å². The van der Waals surface area contributed by atoms with Crippen LogP contribution in [0.25, 0.3) is 0 Å². The van der Waals surface area contributed by atoms with Crippen LogP contribution >= 0.6 is 11.8 Å². The average Bonchev–Trinajstić information content (AvgIpc) is 2.47. The Hall–Kier alpha value is -1.49. The van der Waals surface area contributed by atoms with Crippen LogP contribution in [0.2, 0.25) is 0 Å². The van der Waals surface area contributed by atoms with Crippen molar-refractivity contribution in [2.24, 2.45) is 0 Å². The number of aromatic hydroxyl groups is 1. The molecule has 0 fully saturated rings. The van der Waals surface area contributed by atoms with E-state index in [-0.39, 0.29) is 12.4 Å². The van der Waals surface area contributed by atoms with Crippen LogP contribution in [0.15, 0.2) is 59.5 Å². The van der Waals surface area contributed by atoms with Gasteiger partial charge in [-0.25, -0.2) is 0 Å². The molecule has 20 heavy (non-hydrogen) atoms. The molecule has 0 amide bonds. The molecule has 0 aliphatic rings. The van der Waals surface area contributed by atoms with Crippen molar-refractivity contribution in [3.8, 4) is 5.75 Å². The largest absolute Gasteiger partial charge is 0.507 e. The van der Waals surface area contributed by atoms with Crippen LogP contribution in [-0.4, -0.2) is 28.7 Å². The van der Waals surface area contributed by atoms with Crippen molar-refractivity contribution in [2.45, 2.75) is 17.6 Å². The van der Waals surface area contributed by atoms with Crippen molar-refractivity contribution in [2.75, 3.05) is 12.4 Å². The SMILES string of the molecule is Oc1ccccc1SCC(O)COCc1ccccc1. The summed E-state index contributed by atoms with van der Waals surface area (Å²) in [6.07, 6.45) is -0.552. The van der Waals surface area contributed by atoms with Crippen LogP contribution in [0.1, 0.15) is 5.56 Å². The van der Waals surface area contributed by atoms with Crippen molar-refractivity contribution in [3.63, 3.8) is 0 Å². The maximum atomic E-state index is 9.85. The van der Waals surface area contributed by atoms with E-state index >= 15 is 0 Å². The number of para-hydroxylation sites is 1. The molecule has 0 heterocycles. The zero-order valence-electron chi connectivity index (χ0n) is 11.1. The highest BCUT2D eigenvalue weighted by Gasteiger charge is 2.07. The number of thioether (sulfide) groups is 1. The summed E-state index contributed by atoms with van der Waals surface area (Å²) in [6.45, 7) is 0.786. The third-order valence-electron chi connectivity index (χ3n) is 2.72. The van der Waals surface area contributed by atoms with E-state index in [1.165, 1.54) is 11.8 Å². The van der Waals surface area contributed by atoms with E-state index < -0.39 is 6.10 Å². The smallest absolute Gasteiger partial charge is 0.129 e. The highest BCUT2D eigenvalue weighted by molar-refractivity contribution is 7.99. The number of phenolic OH excluding ortho intramolecular Hbond substituents is 1. The van der Waals surface area contributed by atoms with Gasteiger partial charge in [-0.05, 0) is 17.7 Å². The van der Waals surface area contributed by atoms with Crippen LogP contribution in [-0.2, 0) is 11.3 Å². The molecule has 0 spiro atoms. The van der Waals surface area contributed by atoms with Crippen LogP contribution in [0.5, 0.6) is 5.75 Å². The Morgan fingerprint density at radius 1 is 1.00 bits per heavy atom. The van der Waals surface area contributed by atoms with Gasteiger partial charge in [0.2, 0.25) is 0 Å². The molecule has 3 nitrogen and oxygen atoms in total. The first-order valence-electron chi connectivity index (χ1n) is 6.46. The summed E-state index contributed by atoms with van der Waals surface area (Å²) in [5, 5.41) is 19.5. The normalized spacial score (nSPS) is 12.2. The Morgan fingerprint density at radius 2 is 1.70 bits per heavy atom. The summed E-state index contributed by atoms with van der Waals surface area (Å²) in [7, 11) is 0. The van der Waals surface area contributed by atoms with Crippen LogP contribution in [0.4, 0.5) is 0 Å². The van der Waals surface area contributed by atoms with Gasteiger partial charge in [-0.1, -0.05) is 42.5 Å². The number of aliphatic hydroxyl groups is 1. The monoisotopic (exact) mass is 290 g/mol. The molecule has 1 atom stereocenters. The zero-order chi connectivity index (χ0) is 14.2.